The van der Waals surface area contributed by atoms with Crippen molar-refractivity contribution in [1.82, 2.24) is 9.97 Å². The van der Waals surface area contributed by atoms with Gasteiger partial charge in [0.05, 0.1) is 23.0 Å². The number of aromatic amines is 1. The quantitative estimate of drug-likeness (QED) is 0.568. The van der Waals surface area contributed by atoms with Gasteiger partial charge in [-0.15, -0.1) is 0 Å². The van der Waals surface area contributed by atoms with Gasteiger partial charge in [-0.05, 0) is 52.7 Å². The van der Waals surface area contributed by atoms with Gasteiger partial charge in [0, 0.05) is 0 Å². The van der Waals surface area contributed by atoms with E-state index in [4.69, 9.17) is 16.3 Å². The van der Waals surface area contributed by atoms with E-state index in [-0.39, 0.29) is 5.56 Å². The molecule has 1 N–H and O–H groups in total. The summed E-state index contributed by atoms with van der Waals surface area (Å²) in [6, 6.07) is 19.1. The molecule has 4 rings (SSSR count). The summed E-state index contributed by atoms with van der Waals surface area (Å²) in [5.41, 5.74) is 1.33. The Morgan fingerprint density at radius 1 is 1.08 bits per heavy atom. The lowest BCUT2D eigenvalue weighted by atomic mass is 10.1. The molecule has 0 aliphatic carbocycles. The number of ether oxygens (including phenoxy) is 1. The summed E-state index contributed by atoms with van der Waals surface area (Å²) < 4.78 is 5.25. The van der Waals surface area contributed by atoms with E-state index in [1.165, 1.54) is 0 Å². The molecule has 4 aromatic rings. The molecule has 0 radical (unpaired) electrons. The summed E-state index contributed by atoms with van der Waals surface area (Å²) >= 11 is 6.42. The second-order valence-corrected chi connectivity index (χ2v) is 6.30. The highest BCUT2D eigenvalue weighted by atomic mass is 35.5. The summed E-state index contributed by atoms with van der Waals surface area (Å²) in [6.07, 6.45) is 1.79. The van der Waals surface area contributed by atoms with Crippen LogP contribution in [0.4, 0.5) is 0 Å². The van der Waals surface area contributed by atoms with Crippen LogP contribution in [0, 0.1) is 0 Å². The summed E-state index contributed by atoms with van der Waals surface area (Å²) in [4.78, 5) is 19.4. The Hall–Kier alpha value is -3.11. The van der Waals surface area contributed by atoms with Gasteiger partial charge in [-0.1, -0.05) is 41.9 Å². The number of aromatic nitrogens is 2. The molecule has 4 nitrogen and oxygen atoms in total. The first-order valence-electron chi connectivity index (χ1n) is 8.08. The smallest absolute Gasteiger partial charge is 0.259 e. The summed E-state index contributed by atoms with van der Waals surface area (Å²) in [6.45, 7) is 0. The van der Waals surface area contributed by atoms with Crippen LogP contribution < -0.4 is 10.3 Å². The number of fused-ring (bicyclic) bond motifs is 2. The zero-order chi connectivity index (χ0) is 18.1. The van der Waals surface area contributed by atoms with Crippen LogP contribution in [0.15, 0.2) is 65.5 Å². The van der Waals surface area contributed by atoms with Crippen molar-refractivity contribution in [1.29, 1.82) is 0 Å². The van der Waals surface area contributed by atoms with Crippen LogP contribution in [0.2, 0.25) is 0 Å². The maximum Gasteiger partial charge on any atom is 0.259 e. The molecule has 0 amide bonds. The minimum atomic E-state index is -0.206. The Labute approximate surface area is 154 Å². The molecule has 26 heavy (non-hydrogen) atoms. The van der Waals surface area contributed by atoms with Crippen LogP contribution in [-0.4, -0.2) is 17.1 Å². The van der Waals surface area contributed by atoms with Crippen molar-refractivity contribution >= 4 is 44.4 Å². The molecule has 0 fully saturated rings. The molecule has 1 aromatic heterocycles. The molecule has 3 aromatic carbocycles. The highest BCUT2D eigenvalue weighted by Crippen LogP contribution is 2.25. The third kappa shape index (κ3) is 3.07. The predicted molar refractivity (Wildman–Crippen MR) is 107 cm³/mol. The normalized spacial score (nSPS) is 11.8. The van der Waals surface area contributed by atoms with Gasteiger partial charge >= 0.3 is 0 Å². The van der Waals surface area contributed by atoms with Crippen molar-refractivity contribution in [2.45, 2.75) is 0 Å². The fourth-order valence-electron chi connectivity index (χ4n) is 2.87. The van der Waals surface area contributed by atoms with Gasteiger partial charge in [-0.2, -0.15) is 0 Å². The summed E-state index contributed by atoms with van der Waals surface area (Å²) in [5.74, 6) is 1.17. The second kappa shape index (κ2) is 6.65. The van der Waals surface area contributed by atoms with E-state index in [2.05, 4.69) is 9.97 Å². The van der Waals surface area contributed by atoms with Gasteiger partial charge < -0.3 is 9.72 Å². The molecule has 1 heterocycles. The first-order valence-corrected chi connectivity index (χ1v) is 8.46. The fourth-order valence-corrected chi connectivity index (χ4v) is 3.09. The van der Waals surface area contributed by atoms with Crippen LogP contribution in [-0.2, 0) is 0 Å². The predicted octanol–water partition coefficient (Wildman–Crippen LogP) is 4.82. The molecule has 0 aliphatic heterocycles. The Kier molecular flexibility index (Phi) is 4.19. The summed E-state index contributed by atoms with van der Waals surface area (Å²) in [5, 5.41) is 3.07. The van der Waals surface area contributed by atoms with Crippen molar-refractivity contribution < 1.29 is 4.74 Å². The molecule has 0 saturated carbocycles. The lowest BCUT2D eigenvalue weighted by Gasteiger charge is -2.05. The first kappa shape index (κ1) is 16.4. The third-order valence-electron chi connectivity index (χ3n) is 4.20. The number of rotatable bonds is 3. The molecule has 0 aliphatic rings. The molecule has 0 saturated heterocycles. The van der Waals surface area contributed by atoms with Crippen molar-refractivity contribution in [3.05, 3.63) is 82.4 Å². The molecule has 0 atom stereocenters. The fraction of sp³-hybridized carbons (Fsp3) is 0.0476. The molecular weight excluding hydrogens is 348 g/mol. The number of halogens is 1. The average molecular weight is 363 g/mol. The van der Waals surface area contributed by atoms with E-state index in [0.717, 1.165) is 22.1 Å². The van der Waals surface area contributed by atoms with Gasteiger partial charge in [0.25, 0.3) is 5.56 Å². The maximum atomic E-state index is 12.2. The molecule has 0 unspecified atom stereocenters. The highest BCUT2D eigenvalue weighted by molar-refractivity contribution is 6.50. The zero-order valence-corrected chi connectivity index (χ0v) is 14.7. The number of methoxy groups -OCH3 is 1. The number of hydrogen-bond donors (Lipinski definition) is 1. The summed E-state index contributed by atoms with van der Waals surface area (Å²) in [7, 11) is 1.65. The Balaban J connectivity index is 1.76. The maximum absolute atomic E-state index is 12.2. The lowest BCUT2D eigenvalue weighted by molar-refractivity contribution is 0.415. The van der Waals surface area contributed by atoms with Crippen LogP contribution >= 0.6 is 11.6 Å². The van der Waals surface area contributed by atoms with Crippen molar-refractivity contribution in [2.75, 3.05) is 7.11 Å². The molecule has 0 spiro atoms. The third-order valence-corrected chi connectivity index (χ3v) is 4.49. The Morgan fingerprint density at radius 2 is 1.85 bits per heavy atom. The van der Waals surface area contributed by atoms with Gasteiger partial charge in [-0.25, -0.2) is 4.98 Å². The van der Waals surface area contributed by atoms with Crippen LogP contribution in [0.3, 0.4) is 0 Å². The van der Waals surface area contributed by atoms with Gasteiger partial charge in [-0.3, -0.25) is 4.79 Å². The van der Waals surface area contributed by atoms with Gasteiger partial charge in [0.1, 0.15) is 5.75 Å². The van der Waals surface area contributed by atoms with Crippen molar-refractivity contribution in [2.24, 2.45) is 0 Å². The van der Waals surface area contributed by atoms with E-state index in [1.54, 1.807) is 31.4 Å². The monoisotopic (exact) mass is 362 g/mol. The van der Waals surface area contributed by atoms with E-state index in [0.29, 0.717) is 21.8 Å². The molecule has 5 heteroatoms. The molecule has 0 bridgehead atoms. The second-order valence-electron chi connectivity index (χ2n) is 5.90. The highest BCUT2D eigenvalue weighted by Gasteiger charge is 2.07. The Bertz CT molecular complexity index is 1210. The van der Waals surface area contributed by atoms with Crippen molar-refractivity contribution in [3.8, 4) is 5.75 Å². The van der Waals surface area contributed by atoms with Crippen molar-refractivity contribution in [3.63, 3.8) is 0 Å². The molecular formula is C21H15ClN2O2. The van der Waals surface area contributed by atoms with E-state index in [1.807, 2.05) is 42.5 Å². The number of nitrogens with one attached hydrogen (secondary N) is 1. The largest absolute Gasteiger partial charge is 0.497 e. The standard InChI is InChI=1S/C21H15ClN2O2/c1-26-16-9-8-14-10-13(6-7-15(14)12-16)11-18(22)20-23-19-5-3-2-4-17(19)21(25)24-20/h2-12H,1H3,(H,23,24,25)/b18-11+. The number of benzene rings is 3. The van der Waals surface area contributed by atoms with Crippen LogP contribution in [0.5, 0.6) is 5.75 Å². The van der Waals surface area contributed by atoms with Gasteiger partial charge in [0.2, 0.25) is 0 Å². The van der Waals surface area contributed by atoms with Gasteiger partial charge in [0.15, 0.2) is 5.82 Å². The van der Waals surface area contributed by atoms with Crippen LogP contribution in [0.1, 0.15) is 11.4 Å². The number of hydrogen-bond acceptors (Lipinski definition) is 3. The Morgan fingerprint density at radius 3 is 2.69 bits per heavy atom. The van der Waals surface area contributed by atoms with Crippen LogP contribution in [0.25, 0.3) is 32.8 Å². The lowest BCUT2D eigenvalue weighted by Crippen LogP contribution is -2.10. The molecule has 128 valence electrons. The SMILES string of the molecule is COc1ccc2cc(/C=C(/Cl)c3nc4ccccc4c(=O)[nH]3)ccc2c1. The van der Waals surface area contributed by atoms with E-state index >= 15 is 0 Å². The zero-order valence-electron chi connectivity index (χ0n) is 14.0. The first-order chi connectivity index (χ1) is 12.6. The van der Waals surface area contributed by atoms with E-state index in [9.17, 15) is 4.79 Å². The minimum absolute atomic E-state index is 0.206. The average Bonchev–Trinajstić information content (AvgIpc) is 2.67. The minimum Gasteiger partial charge on any atom is -0.497 e. The number of para-hydroxylation sites is 1. The topological polar surface area (TPSA) is 55.0 Å². The van der Waals surface area contributed by atoms with E-state index < -0.39 is 0 Å². The number of nitrogens with zero attached hydrogens (tertiary/aromatic N) is 1. The number of H-pyrrole nitrogens is 1.